The van der Waals surface area contributed by atoms with Crippen LogP contribution in [0.1, 0.15) is 20.8 Å². The average molecular weight is 280 g/mol. The van der Waals surface area contributed by atoms with Crippen molar-refractivity contribution in [3.8, 4) is 0 Å². The maximum absolute atomic E-state index is 9.90. The molecule has 1 unspecified atom stereocenters. The van der Waals surface area contributed by atoms with Gasteiger partial charge < -0.3 is 14.8 Å². The molecular formula is C14H20N2O2S. The third kappa shape index (κ3) is 4.53. The summed E-state index contributed by atoms with van der Waals surface area (Å²) in [6, 6.07) is 7.66. The van der Waals surface area contributed by atoms with E-state index in [9.17, 15) is 5.11 Å². The number of nitrogens with one attached hydrogen (secondary N) is 1. The van der Waals surface area contributed by atoms with Crippen LogP contribution in [0.15, 0.2) is 33.9 Å². The summed E-state index contributed by atoms with van der Waals surface area (Å²) >= 11 is 1.44. The molecule has 19 heavy (non-hydrogen) atoms. The van der Waals surface area contributed by atoms with Crippen molar-refractivity contribution in [2.45, 2.75) is 37.6 Å². The highest BCUT2D eigenvalue weighted by Crippen LogP contribution is 2.23. The monoisotopic (exact) mass is 280 g/mol. The van der Waals surface area contributed by atoms with Gasteiger partial charge in [0.1, 0.15) is 5.52 Å². The van der Waals surface area contributed by atoms with Crippen LogP contribution in [0.4, 0.5) is 0 Å². The van der Waals surface area contributed by atoms with Crippen molar-refractivity contribution < 1.29 is 9.52 Å². The third-order valence-corrected chi connectivity index (χ3v) is 3.51. The molecule has 0 radical (unpaired) electrons. The standard InChI is InChI=1S/C14H20N2O2S/c1-14(2,3)15-8-10(17)9-19-13-16-11-6-4-5-7-12(11)18-13/h4-7,10,15,17H,8-9H2,1-3H3. The van der Waals surface area contributed by atoms with Crippen molar-refractivity contribution in [3.63, 3.8) is 0 Å². The fraction of sp³-hybridized carbons (Fsp3) is 0.500. The molecule has 1 atom stereocenters. The topological polar surface area (TPSA) is 58.3 Å². The van der Waals surface area contributed by atoms with Gasteiger partial charge in [-0.1, -0.05) is 23.9 Å². The lowest BCUT2D eigenvalue weighted by atomic mass is 10.1. The van der Waals surface area contributed by atoms with E-state index in [-0.39, 0.29) is 5.54 Å². The van der Waals surface area contributed by atoms with Crippen molar-refractivity contribution in [3.05, 3.63) is 24.3 Å². The van der Waals surface area contributed by atoms with E-state index in [4.69, 9.17) is 4.42 Å². The number of benzene rings is 1. The van der Waals surface area contributed by atoms with Gasteiger partial charge in [0.25, 0.3) is 5.22 Å². The first kappa shape index (κ1) is 14.4. The third-order valence-electron chi connectivity index (χ3n) is 2.54. The van der Waals surface area contributed by atoms with Crippen LogP contribution in [0.3, 0.4) is 0 Å². The highest BCUT2D eigenvalue weighted by atomic mass is 32.2. The van der Waals surface area contributed by atoms with Crippen LogP contribution in [-0.2, 0) is 0 Å². The second kappa shape index (κ2) is 5.94. The normalized spacial score (nSPS) is 13.9. The summed E-state index contributed by atoms with van der Waals surface area (Å²) in [5.41, 5.74) is 1.66. The van der Waals surface area contributed by atoms with E-state index in [0.29, 0.717) is 17.5 Å². The van der Waals surface area contributed by atoms with Crippen LogP contribution < -0.4 is 5.32 Å². The first-order valence-corrected chi connectivity index (χ1v) is 7.34. The van der Waals surface area contributed by atoms with Gasteiger partial charge in [-0.05, 0) is 32.9 Å². The zero-order valence-corrected chi connectivity index (χ0v) is 12.3. The van der Waals surface area contributed by atoms with Crippen LogP contribution in [0.2, 0.25) is 0 Å². The van der Waals surface area contributed by atoms with E-state index in [1.807, 2.05) is 24.3 Å². The minimum Gasteiger partial charge on any atom is -0.431 e. The van der Waals surface area contributed by atoms with Gasteiger partial charge in [-0.15, -0.1) is 0 Å². The molecule has 1 aromatic carbocycles. The molecule has 1 heterocycles. The summed E-state index contributed by atoms with van der Waals surface area (Å²) in [5.74, 6) is 0.565. The molecule has 0 bridgehead atoms. The summed E-state index contributed by atoms with van der Waals surface area (Å²) in [4.78, 5) is 4.36. The van der Waals surface area contributed by atoms with Gasteiger partial charge in [-0.25, -0.2) is 4.98 Å². The molecule has 2 N–H and O–H groups in total. The predicted octanol–water partition coefficient (Wildman–Crippen LogP) is 2.67. The first-order valence-electron chi connectivity index (χ1n) is 6.35. The molecule has 0 spiro atoms. The number of aliphatic hydroxyl groups excluding tert-OH is 1. The number of thioether (sulfide) groups is 1. The zero-order valence-electron chi connectivity index (χ0n) is 11.5. The number of oxazole rings is 1. The van der Waals surface area contributed by atoms with Gasteiger partial charge in [0.05, 0.1) is 6.10 Å². The molecule has 104 valence electrons. The summed E-state index contributed by atoms with van der Waals surface area (Å²) in [6.45, 7) is 6.80. The molecule has 0 aliphatic heterocycles. The van der Waals surface area contributed by atoms with Crippen molar-refractivity contribution in [2.24, 2.45) is 0 Å². The minimum absolute atomic E-state index is 0.0171. The van der Waals surface area contributed by atoms with Crippen molar-refractivity contribution in [1.29, 1.82) is 0 Å². The molecule has 0 fully saturated rings. The Morgan fingerprint density at radius 2 is 2.11 bits per heavy atom. The Morgan fingerprint density at radius 1 is 1.37 bits per heavy atom. The molecule has 4 nitrogen and oxygen atoms in total. The number of nitrogens with zero attached hydrogens (tertiary/aromatic N) is 1. The summed E-state index contributed by atoms with van der Waals surface area (Å²) in [7, 11) is 0. The van der Waals surface area contributed by atoms with E-state index in [1.54, 1.807) is 0 Å². The van der Waals surface area contributed by atoms with Gasteiger partial charge in [0.2, 0.25) is 0 Å². The smallest absolute Gasteiger partial charge is 0.256 e. The second-order valence-corrected chi connectivity index (χ2v) is 6.51. The molecule has 0 saturated carbocycles. The molecule has 0 aliphatic rings. The zero-order chi connectivity index (χ0) is 13.9. The van der Waals surface area contributed by atoms with Gasteiger partial charge >= 0.3 is 0 Å². The van der Waals surface area contributed by atoms with Crippen molar-refractivity contribution >= 4 is 22.9 Å². The number of hydrogen-bond acceptors (Lipinski definition) is 5. The SMILES string of the molecule is CC(C)(C)NCC(O)CSc1nc2ccccc2o1. The van der Waals surface area contributed by atoms with Gasteiger partial charge in [-0.2, -0.15) is 0 Å². The van der Waals surface area contributed by atoms with Crippen LogP contribution in [-0.4, -0.2) is 34.0 Å². The van der Waals surface area contributed by atoms with Crippen LogP contribution in [0, 0.1) is 0 Å². The summed E-state index contributed by atoms with van der Waals surface area (Å²) < 4.78 is 5.58. The average Bonchev–Trinajstić information content (AvgIpc) is 2.75. The van der Waals surface area contributed by atoms with E-state index < -0.39 is 6.10 Å². The number of para-hydroxylation sites is 2. The molecule has 2 rings (SSSR count). The fourth-order valence-corrected chi connectivity index (χ4v) is 2.33. The number of aromatic nitrogens is 1. The molecule has 0 saturated heterocycles. The molecule has 5 heteroatoms. The Morgan fingerprint density at radius 3 is 2.79 bits per heavy atom. The van der Waals surface area contributed by atoms with Crippen molar-refractivity contribution in [1.82, 2.24) is 10.3 Å². The summed E-state index contributed by atoms with van der Waals surface area (Å²) in [6.07, 6.45) is -0.417. The highest BCUT2D eigenvalue weighted by molar-refractivity contribution is 7.99. The van der Waals surface area contributed by atoms with E-state index >= 15 is 0 Å². The van der Waals surface area contributed by atoms with Gasteiger partial charge in [-0.3, -0.25) is 0 Å². The summed E-state index contributed by atoms with van der Waals surface area (Å²) in [5, 5.41) is 13.8. The number of rotatable bonds is 5. The molecular weight excluding hydrogens is 260 g/mol. The molecule has 2 aromatic rings. The Balaban J connectivity index is 1.84. The lowest BCUT2D eigenvalue weighted by Crippen LogP contribution is -2.41. The molecule has 0 amide bonds. The Bertz CT molecular complexity index is 500. The van der Waals surface area contributed by atoms with Gasteiger partial charge in [0, 0.05) is 17.8 Å². The minimum atomic E-state index is -0.417. The van der Waals surface area contributed by atoms with Crippen molar-refractivity contribution in [2.75, 3.05) is 12.3 Å². The van der Waals surface area contributed by atoms with E-state index in [0.717, 1.165) is 11.1 Å². The van der Waals surface area contributed by atoms with Crippen LogP contribution in [0.5, 0.6) is 0 Å². The maximum Gasteiger partial charge on any atom is 0.256 e. The van der Waals surface area contributed by atoms with E-state index in [2.05, 4.69) is 31.1 Å². The maximum atomic E-state index is 9.90. The quantitative estimate of drug-likeness (QED) is 0.825. The Kier molecular flexibility index (Phi) is 4.50. The second-order valence-electron chi connectivity index (χ2n) is 5.54. The Labute approximate surface area is 117 Å². The predicted molar refractivity (Wildman–Crippen MR) is 78.5 cm³/mol. The Hall–Kier alpha value is -1.04. The molecule has 1 aromatic heterocycles. The lowest BCUT2D eigenvalue weighted by Gasteiger charge is -2.22. The van der Waals surface area contributed by atoms with Crippen LogP contribution in [0.25, 0.3) is 11.1 Å². The fourth-order valence-electron chi connectivity index (χ4n) is 1.56. The number of fused-ring (bicyclic) bond motifs is 1. The van der Waals surface area contributed by atoms with E-state index in [1.165, 1.54) is 11.8 Å². The highest BCUT2D eigenvalue weighted by Gasteiger charge is 2.13. The van der Waals surface area contributed by atoms with Crippen LogP contribution >= 0.6 is 11.8 Å². The number of aliphatic hydroxyl groups is 1. The largest absolute Gasteiger partial charge is 0.431 e. The number of hydrogen-bond donors (Lipinski definition) is 2. The molecule has 0 aliphatic carbocycles. The number of β-amino-alcohol motifs (C(OH)–C–C–N with tert-alkyl or cyclic N) is 1. The lowest BCUT2D eigenvalue weighted by molar-refractivity contribution is 0.183. The van der Waals surface area contributed by atoms with Gasteiger partial charge in [0.15, 0.2) is 5.58 Å². The first-order chi connectivity index (χ1) is 8.94.